The van der Waals surface area contributed by atoms with Gasteiger partial charge in [-0.25, -0.2) is 4.79 Å². The number of urea groups is 1. The Labute approximate surface area is 156 Å². The fourth-order valence-corrected chi connectivity index (χ4v) is 3.95. The highest BCUT2D eigenvalue weighted by Gasteiger charge is 2.41. The molecule has 0 aliphatic carbocycles. The zero-order valence-corrected chi connectivity index (χ0v) is 16.1. The van der Waals surface area contributed by atoms with E-state index < -0.39 is 0 Å². The molecular formula is C20H30N4O2. The first kappa shape index (κ1) is 18.7. The lowest BCUT2D eigenvalue weighted by atomic mass is 9.72. The van der Waals surface area contributed by atoms with Crippen LogP contribution >= 0.6 is 0 Å². The van der Waals surface area contributed by atoms with E-state index in [4.69, 9.17) is 0 Å². The quantitative estimate of drug-likeness (QED) is 0.884. The van der Waals surface area contributed by atoms with E-state index in [0.29, 0.717) is 13.0 Å². The Morgan fingerprint density at radius 2 is 1.85 bits per heavy atom. The van der Waals surface area contributed by atoms with Crippen molar-refractivity contribution in [2.45, 2.75) is 58.5 Å². The third kappa shape index (κ3) is 4.54. The van der Waals surface area contributed by atoms with Gasteiger partial charge in [0, 0.05) is 50.5 Å². The summed E-state index contributed by atoms with van der Waals surface area (Å²) in [6.45, 7) is 8.97. The zero-order valence-electron chi connectivity index (χ0n) is 16.1. The van der Waals surface area contributed by atoms with E-state index in [2.05, 4.69) is 10.3 Å². The number of likely N-dealkylation sites (tertiary alicyclic amines) is 2. The molecule has 1 aromatic rings. The first-order valence-corrected chi connectivity index (χ1v) is 9.50. The van der Waals surface area contributed by atoms with Crippen LogP contribution in [0.1, 0.15) is 52.0 Å². The standard InChI is InChI=1S/C20H30N4O2/c1-19(2,3)22-18(26)23-12-8-20(9-13-23)7-4-17(25)24(15-20)14-16-5-10-21-11-6-16/h5-6,10-11H,4,7-9,12-15H2,1-3H3,(H,22,26). The third-order valence-corrected chi connectivity index (χ3v) is 5.46. The van der Waals surface area contributed by atoms with E-state index in [0.717, 1.165) is 44.5 Å². The van der Waals surface area contributed by atoms with Crippen LogP contribution in [-0.2, 0) is 11.3 Å². The Morgan fingerprint density at radius 1 is 1.19 bits per heavy atom. The van der Waals surface area contributed by atoms with Gasteiger partial charge in [0.1, 0.15) is 0 Å². The van der Waals surface area contributed by atoms with Crippen molar-refractivity contribution in [1.82, 2.24) is 20.1 Å². The number of nitrogens with zero attached hydrogens (tertiary/aromatic N) is 3. The number of hydrogen-bond acceptors (Lipinski definition) is 3. The molecule has 1 N–H and O–H groups in total. The number of pyridine rings is 1. The van der Waals surface area contributed by atoms with E-state index >= 15 is 0 Å². The van der Waals surface area contributed by atoms with Crippen molar-refractivity contribution < 1.29 is 9.59 Å². The molecule has 0 bridgehead atoms. The van der Waals surface area contributed by atoms with E-state index in [-0.39, 0.29) is 22.9 Å². The average molecular weight is 358 g/mol. The highest BCUT2D eigenvalue weighted by atomic mass is 16.2. The van der Waals surface area contributed by atoms with Crippen LogP contribution < -0.4 is 5.32 Å². The van der Waals surface area contributed by atoms with Gasteiger partial charge in [-0.1, -0.05) is 0 Å². The summed E-state index contributed by atoms with van der Waals surface area (Å²) in [5, 5.41) is 3.05. The second-order valence-corrected chi connectivity index (χ2v) is 8.77. The van der Waals surface area contributed by atoms with Crippen LogP contribution in [0.4, 0.5) is 4.79 Å². The normalized spacial score (nSPS) is 20.3. The maximum Gasteiger partial charge on any atom is 0.317 e. The second kappa shape index (κ2) is 7.25. The van der Waals surface area contributed by atoms with Gasteiger partial charge >= 0.3 is 6.03 Å². The molecule has 0 unspecified atom stereocenters. The van der Waals surface area contributed by atoms with Gasteiger partial charge in [-0.15, -0.1) is 0 Å². The summed E-state index contributed by atoms with van der Waals surface area (Å²) in [5.41, 5.74) is 1.05. The Morgan fingerprint density at radius 3 is 2.46 bits per heavy atom. The number of piperidine rings is 2. The maximum absolute atomic E-state index is 12.4. The number of hydrogen-bond donors (Lipinski definition) is 1. The summed E-state index contributed by atoms with van der Waals surface area (Å²) in [7, 11) is 0. The molecule has 1 aromatic heterocycles. The van der Waals surface area contributed by atoms with Gasteiger partial charge in [-0.3, -0.25) is 9.78 Å². The van der Waals surface area contributed by atoms with Crippen molar-refractivity contribution in [3.63, 3.8) is 0 Å². The molecule has 1 spiro atoms. The summed E-state index contributed by atoms with van der Waals surface area (Å²) in [6, 6.07) is 3.95. The molecule has 0 saturated carbocycles. The minimum atomic E-state index is -0.217. The van der Waals surface area contributed by atoms with Crippen molar-refractivity contribution in [3.05, 3.63) is 30.1 Å². The first-order valence-electron chi connectivity index (χ1n) is 9.50. The average Bonchev–Trinajstić information content (AvgIpc) is 2.58. The number of rotatable bonds is 2. The van der Waals surface area contributed by atoms with Gasteiger partial charge in [0.05, 0.1) is 0 Å². The molecule has 2 fully saturated rings. The fraction of sp³-hybridized carbons (Fsp3) is 0.650. The van der Waals surface area contributed by atoms with Gasteiger partial charge in [0.15, 0.2) is 0 Å². The molecule has 6 heteroatoms. The number of carbonyl (C=O) groups is 2. The summed E-state index contributed by atoms with van der Waals surface area (Å²) >= 11 is 0. The molecule has 0 aromatic carbocycles. The van der Waals surface area contributed by atoms with Crippen molar-refractivity contribution in [2.75, 3.05) is 19.6 Å². The maximum atomic E-state index is 12.4. The monoisotopic (exact) mass is 358 g/mol. The van der Waals surface area contributed by atoms with Gasteiger partial charge in [0.2, 0.25) is 5.91 Å². The first-order chi connectivity index (χ1) is 12.3. The SMILES string of the molecule is CC(C)(C)NC(=O)N1CCC2(CCC(=O)N(Cc3ccncc3)C2)CC1. The van der Waals surface area contributed by atoms with Gasteiger partial charge in [-0.05, 0) is 63.1 Å². The van der Waals surface area contributed by atoms with Crippen LogP contribution in [0.25, 0.3) is 0 Å². The van der Waals surface area contributed by atoms with Crippen molar-refractivity contribution in [1.29, 1.82) is 0 Å². The smallest absolute Gasteiger partial charge is 0.317 e. The molecular weight excluding hydrogens is 328 g/mol. The molecule has 6 nitrogen and oxygen atoms in total. The largest absolute Gasteiger partial charge is 0.338 e. The van der Waals surface area contributed by atoms with Crippen LogP contribution in [0.3, 0.4) is 0 Å². The summed E-state index contributed by atoms with van der Waals surface area (Å²) < 4.78 is 0. The second-order valence-electron chi connectivity index (χ2n) is 8.77. The van der Waals surface area contributed by atoms with Crippen molar-refractivity contribution in [3.8, 4) is 0 Å². The van der Waals surface area contributed by atoms with Crippen LogP contribution in [0.5, 0.6) is 0 Å². The Kier molecular flexibility index (Phi) is 5.21. The van der Waals surface area contributed by atoms with Crippen LogP contribution in [0.2, 0.25) is 0 Å². The van der Waals surface area contributed by atoms with Crippen LogP contribution in [0, 0.1) is 5.41 Å². The van der Waals surface area contributed by atoms with Crippen LogP contribution in [0.15, 0.2) is 24.5 Å². The lowest BCUT2D eigenvalue weighted by Gasteiger charge is -2.47. The highest BCUT2D eigenvalue weighted by molar-refractivity contribution is 5.77. The third-order valence-electron chi connectivity index (χ3n) is 5.46. The lowest BCUT2D eigenvalue weighted by molar-refractivity contribution is -0.139. The van der Waals surface area contributed by atoms with E-state index in [9.17, 15) is 9.59 Å². The minimum absolute atomic E-state index is 0.0212. The van der Waals surface area contributed by atoms with Gasteiger partial charge < -0.3 is 15.1 Å². The van der Waals surface area contributed by atoms with E-state index in [1.54, 1.807) is 12.4 Å². The van der Waals surface area contributed by atoms with E-state index in [1.165, 1.54) is 0 Å². The molecule has 2 aliphatic heterocycles. The predicted molar refractivity (Wildman–Crippen MR) is 100 cm³/mol. The summed E-state index contributed by atoms with van der Waals surface area (Å²) in [5.74, 6) is 0.236. The Bertz CT molecular complexity index is 646. The minimum Gasteiger partial charge on any atom is -0.338 e. The molecule has 3 rings (SSSR count). The van der Waals surface area contributed by atoms with Crippen molar-refractivity contribution in [2.24, 2.45) is 5.41 Å². The van der Waals surface area contributed by atoms with E-state index in [1.807, 2.05) is 42.7 Å². The van der Waals surface area contributed by atoms with Gasteiger partial charge in [0.25, 0.3) is 0 Å². The number of carbonyl (C=O) groups excluding carboxylic acids is 2. The molecule has 26 heavy (non-hydrogen) atoms. The highest BCUT2D eigenvalue weighted by Crippen LogP contribution is 2.40. The molecule has 3 amide bonds. The summed E-state index contributed by atoms with van der Waals surface area (Å²) in [4.78, 5) is 32.7. The van der Waals surface area contributed by atoms with Gasteiger partial charge in [-0.2, -0.15) is 0 Å². The molecule has 142 valence electrons. The van der Waals surface area contributed by atoms with Crippen LogP contribution in [-0.4, -0.2) is 51.9 Å². The lowest BCUT2D eigenvalue weighted by Crippen LogP contribution is -2.55. The summed E-state index contributed by atoms with van der Waals surface area (Å²) in [6.07, 6.45) is 7.01. The Balaban J connectivity index is 1.59. The molecule has 3 heterocycles. The number of amides is 3. The molecule has 0 atom stereocenters. The zero-order chi connectivity index (χ0) is 18.8. The molecule has 2 aliphatic rings. The molecule has 2 saturated heterocycles. The molecule has 0 radical (unpaired) electrons. The fourth-order valence-electron chi connectivity index (χ4n) is 3.95. The van der Waals surface area contributed by atoms with Crippen molar-refractivity contribution >= 4 is 11.9 Å². The number of nitrogens with one attached hydrogen (secondary N) is 1. The Hall–Kier alpha value is -2.11. The topological polar surface area (TPSA) is 65.5 Å². The number of aromatic nitrogens is 1. The predicted octanol–water partition coefficient (Wildman–Crippen LogP) is 2.79.